The molecule has 0 rings (SSSR count). The van der Waals surface area contributed by atoms with E-state index >= 15 is 0 Å². The van der Waals surface area contributed by atoms with E-state index in [4.69, 9.17) is 16.9 Å². The monoisotopic (exact) mass is 158 g/mol. The molecule has 0 fully saturated rings. The Kier molecular flexibility index (Phi) is 5.00. The summed E-state index contributed by atoms with van der Waals surface area (Å²) in [6.07, 6.45) is 0. The molecule has 56 valence electrons. The number of hydrogen-bond acceptors (Lipinski definition) is 2. The number of nitriles is 1. The molecular formula is C7H11ClN2. The minimum absolute atomic E-state index is 0.446. The number of rotatable bonds is 3. The summed E-state index contributed by atoms with van der Waals surface area (Å²) in [5.74, 6) is 0. The molecule has 0 N–H and O–H groups in total. The molecule has 0 aromatic rings. The molecule has 0 aromatic carbocycles. The minimum Gasteiger partial charge on any atom is -0.290 e. The minimum atomic E-state index is 0.446. The van der Waals surface area contributed by atoms with Crippen LogP contribution in [-0.2, 0) is 0 Å². The summed E-state index contributed by atoms with van der Waals surface area (Å²) in [6.45, 7) is 3.14. The van der Waals surface area contributed by atoms with Gasteiger partial charge in [0.05, 0.1) is 12.6 Å². The lowest BCUT2D eigenvalue weighted by Crippen LogP contribution is -2.20. The van der Waals surface area contributed by atoms with Gasteiger partial charge in [0.1, 0.15) is 0 Å². The van der Waals surface area contributed by atoms with Gasteiger partial charge >= 0.3 is 0 Å². The van der Waals surface area contributed by atoms with Crippen molar-refractivity contribution in [1.29, 1.82) is 5.26 Å². The molecule has 0 atom stereocenters. The van der Waals surface area contributed by atoms with Crippen molar-refractivity contribution in [2.45, 2.75) is 6.92 Å². The van der Waals surface area contributed by atoms with Crippen molar-refractivity contribution in [2.24, 2.45) is 0 Å². The van der Waals surface area contributed by atoms with E-state index in [0.717, 1.165) is 12.1 Å². The van der Waals surface area contributed by atoms with E-state index in [0.29, 0.717) is 6.54 Å². The molecule has 0 amide bonds. The quantitative estimate of drug-likeness (QED) is 0.584. The van der Waals surface area contributed by atoms with Gasteiger partial charge in [-0.2, -0.15) is 5.26 Å². The van der Waals surface area contributed by atoms with Crippen LogP contribution in [-0.4, -0.2) is 25.0 Å². The largest absolute Gasteiger partial charge is 0.290 e. The highest BCUT2D eigenvalue weighted by Gasteiger charge is 1.95. The first-order valence-electron chi connectivity index (χ1n) is 3.02. The van der Waals surface area contributed by atoms with Crippen LogP contribution in [0.15, 0.2) is 11.1 Å². The highest BCUT2D eigenvalue weighted by molar-refractivity contribution is 6.25. The standard InChI is InChI=1S/C7H11ClN2/c1-7(5-8)6-10(2)4-3-9/h5H,4,6H2,1-2H3. The third-order valence-electron chi connectivity index (χ3n) is 1.05. The fourth-order valence-corrected chi connectivity index (χ4v) is 0.706. The second-order valence-electron chi connectivity index (χ2n) is 2.29. The van der Waals surface area contributed by atoms with Gasteiger partial charge in [-0.1, -0.05) is 11.6 Å². The number of halogens is 1. The van der Waals surface area contributed by atoms with Crippen LogP contribution in [0, 0.1) is 11.3 Å². The highest BCUT2D eigenvalue weighted by Crippen LogP contribution is 1.96. The van der Waals surface area contributed by atoms with Gasteiger partial charge in [0.25, 0.3) is 0 Å². The summed E-state index contributed by atoms with van der Waals surface area (Å²) in [5, 5.41) is 8.28. The van der Waals surface area contributed by atoms with Crippen LogP contribution in [0.3, 0.4) is 0 Å². The second-order valence-corrected chi connectivity index (χ2v) is 2.50. The molecule has 3 heteroatoms. The van der Waals surface area contributed by atoms with Gasteiger partial charge in [-0.05, 0) is 19.5 Å². The van der Waals surface area contributed by atoms with Crippen molar-refractivity contribution in [2.75, 3.05) is 20.1 Å². The smallest absolute Gasteiger partial charge is 0.0866 e. The van der Waals surface area contributed by atoms with Crippen molar-refractivity contribution in [3.05, 3.63) is 11.1 Å². The maximum Gasteiger partial charge on any atom is 0.0866 e. The predicted molar refractivity (Wildman–Crippen MR) is 42.7 cm³/mol. The number of nitrogens with zero attached hydrogens (tertiary/aromatic N) is 2. The summed E-state index contributed by atoms with van der Waals surface area (Å²) in [4.78, 5) is 1.90. The topological polar surface area (TPSA) is 27.0 Å². The zero-order valence-electron chi connectivity index (χ0n) is 6.26. The van der Waals surface area contributed by atoms with Crippen molar-refractivity contribution in [1.82, 2.24) is 4.90 Å². The van der Waals surface area contributed by atoms with Gasteiger partial charge in [-0.3, -0.25) is 4.90 Å². The molecule has 2 nitrogen and oxygen atoms in total. The molecular weight excluding hydrogens is 148 g/mol. The van der Waals surface area contributed by atoms with Gasteiger partial charge in [0, 0.05) is 12.1 Å². The first-order chi connectivity index (χ1) is 4.70. The molecule has 0 aliphatic rings. The average molecular weight is 159 g/mol. The normalized spacial score (nSPS) is 11.7. The van der Waals surface area contributed by atoms with Crippen LogP contribution in [0.2, 0.25) is 0 Å². The Hall–Kier alpha value is -0.520. The van der Waals surface area contributed by atoms with Gasteiger partial charge in [0.2, 0.25) is 0 Å². The zero-order chi connectivity index (χ0) is 7.98. The van der Waals surface area contributed by atoms with Crippen LogP contribution in [0.4, 0.5) is 0 Å². The number of hydrogen-bond donors (Lipinski definition) is 0. The van der Waals surface area contributed by atoms with Crippen LogP contribution in [0.1, 0.15) is 6.92 Å². The second kappa shape index (κ2) is 5.28. The van der Waals surface area contributed by atoms with Crippen LogP contribution in [0.5, 0.6) is 0 Å². The van der Waals surface area contributed by atoms with E-state index in [-0.39, 0.29) is 0 Å². The Morgan fingerprint density at radius 1 is 1.80 bits per heavy atom. The van der Waals surface area contributed by atoms with E-state index in [2.05, 4.69) is 6.07 Å². The molecule has 10 heavy (non-hydrogen) atoms. The molecule has 0 unspecified atom stereocenters. The van der Waals surface area contributed by atoms with Crippen molar-refractivity contribution in [3.8, 4) is 6.07 Å². The molecule has 0 saturated heterocycles. The van der Waals surface area contributed by atoms with E-state index in [1.165, 1.54) is 5.54 Å². The summed E-state index contributed by atoms with van der Waals surface area (Å²) in [5.41, 5.74) is 2.60. The fraction of sp³-hybridized carbons (Fsp3) is 0.571. The predicted octanol–water partition coefficient (Wildman–Crippen LogP) is 1.58. The van der Waals surface area contributed by atoms with E-state index in [1.54, 1.807) is 0 Å². The molecule has 0 aliphatic carbocycles. The van der Waals surface area contributed by atoms with Gasteiger partial charge in [-0.15, -0.1) is 0 Å². The Bertz CT molecular complexity index is 157. The lowest BCUT2D eigenvalue weighted by molar-refractivity contribution is 0.407. The Morgan fingerprint density at radius 3 is 2.80 bits per heavy atom. The lowest BCUT2D eigenvalue weighted by atomic mass is 10.3. The SMILES string of the molecule is CC(=CCl)CN(C)CC#N. The van der Waals surface area contributed by atoms with Crippen LogP contribution >= 0.6 is 11.6 Å². The maximum absolute atomic E-state index is 8.28. The van der Waals surface area contributed by atoms with Gasteiger partial charge in [-0.25, -0.2) is 0 Å². The highest BCUT2D eigenvalue weighted by atomic mass is 35.5. The molecule has 0 spiro atoms. The van der Waals surface area contributed by atoms with Gasteiger partial charge < -0.3 is 0 Å². The van der Waals surface area contributed by atoms with Crippen molar-refractivity contribution >= 4 is 11.6 Å². The Morgan fingerprint density at radius 2 is 2.40 bits per heavy atom. The molecule has 0 radical (unpaired) electrons. The molecule has 0 bridgehead atoms. The summed E-state index contributed by atoms with van der Waals surface area (Å²) < 4.78 is 0. The third-order valence-corrected chi connectivity index (χ3v) is 1.42. The third kappa shape index (κ3) is 4.37. The van der Waals surface area contributed by atoms with Crippen LogP contribution in [0.25, 0.3) is 0 Å². The van der Waals surface area contributed by atoms with Crippen molar-refractivity contribution in [3.63, 3.8) is 0 Å². The van der Waals surface area contributed by atoms with E-state index in [1.807, 2.05) is 18.9 Å². The fourth-order valence-electron chi connectivity index (χ4n) is 0.637. The lowest BCUT2D eigenvalue weighted by Gasteiger charge is -2.10. The summed E-state index contributed by atoms with van der Waals surface area (Å²) in [7, 11) is 1.88. The average Bonchev–Trinajstić information content (AvgIpc) is 1.88. The number of likely N-dealkylation sites (N-methyl/N-ethyl adjacent to an activating group) is 1. The van der Waals surface area contributed by atoms with E-state index in [9.17, 15) is 0 Å². The first-order valence-corrected chi connectivity index (χ1v) is 3.45. The molecule has 0 heterocycles. The van der Waals surface area contributed by atoms with E-state index < -0.39 is 0 Å². The van der Waals surface area contributed by atoms with Gasteiger partial charge in [0.15, 0.2) is 0 Å². The zero-order valence-corrected chi connectivity index (χ0v) is 7.02. The summed E-state index contributed by atoms with van der Waals surface area (Å²) >= 11 is 5.42. The maximum atomic E-state index is 8.28. The first kappa shape index (κ1) is 9.48. The van der Waals surface area contributed by atoms with Crippen LogP contribution < -0.4 is 0 Å². The molecule has 0 aromatic heterocycles. The Balaban J connectivity index is 3.59. The molecule has 0 aliphatic heterocycles. The molecule has 0 saturated carbocycles. The summed E-state index contributed by atoms with van der Waals surface area (Å²) in [6, 6.07) is 2.05. The van der Waals surface area contributed by atoms with Crippen molar-refractivity contribution < 1.29 is 0 Å². The Labute approximate surface area is 66.7 Å².